The van der Waals surface area contributed by atoms with E-state index in [1.54, 1.807) is 18.2 Å². The number of ether oxygens (including phenoxy) is 3. The van der Waals surface area contributed by atoms with Gasteiger partial charge in [0.1, 0.15) is 0 Å². The monoisotopic (exact) mass is 503 g/mol. The van der Waals surface area contributed by atoms with Crippen LogP contribution >= 0.6 is 0 Å². The van der Waals surface area contributed by atoms with Crippen molar-refractivity contribution in [1.29, 1.82) is 0 Å². The zero-order chi connectivity index (χ0) is 27.4. The Morgan fingerprint density at radius 2 is 0.861 bits per heavy atom. The summed E-state index contributed by atoms with van der Waals surface area (Å²) in [5.74, 6) is 0. The number of allylic oxidation sites excluding steroid dienone is 3. The molecule has 9 nitrogen and oxygen atoms in total. The number of nitrogens with zero attached hydrogens (tertiary/aromatic N) is 3. The minimum Gasteiger partial charge on any atom is -0.377 e. The molecule has 0 aromatic carbocycles. The van der Waals surface area contributed by atoms with Gasteiger partial charge < -0.3 is 14.2 Å². The topological polar surface area (TPSA) is 93.7 Å². The van der Waals surface area contributed by atoms with Crippen molar-refractivity contribution >= 4 is 0 Å². The van der Waals surface area contributed by atoms with Gasteiger partial charge in [-0.1, -0.05) is 43.4 Å². The Bertz CT molecular complexity index is 875. The summed E-state index contributed by atoms with van der Waals surface area (Å²) in [7, 11) is 0. The molecule has 9 heteroatoms. The summed E-state index contributed by atoms with van der Waals surface area (Å²) in [4.78, 5) is 35.8. The lowest BCUT2D eigenvalue weighted by Gasteiger charge is -2.31. The number of hydrogen-bond donors (Lipinski definition) is 0. The molecule has 0 aliphatic carbocycles. The Balaban J connectivity index is 0.000000681. The Labute approximate surface area is 213 Å². The molecule has 0 radical (unpaired) electrons. The minimum absolute atomic E-state index is 0.0478. The summed E-state index contributed by atoms with van der Waals surface area (Å²) < 4.78 is 19.6. The van der Waals surface area contributed by atoms with Gasteiger partial charge in [-0.05, 0) is 6.42 Å². The molecule has 0 atom stereocenters. The maximum atomic E-state index is 11.9. The van der Waals surface area contributed by atoms with Gasteiger partial charge in [-0.15, -0.1) is 39.5 Å². The van der Waals surface area contributed by atoms with Crippen LogP contribution in [0.3, 0.4) is 0 Å². The summed E-state index contributed by atoms with van der Waals surface area (Å²) in [5.41, 5.74) is -2.10. The second-order valence-electron chi connectivity index (χ2n) is 7.81. The lowest BCUT2D eigenvalue weighted by atomic mass is 9.88. The van der Waals surface area contributed by atoms with E-state index in [2.05, 4.69) is 46.4 Å². The molecule has 0 bridgehead atoms. The van der Waals surface area contributed by atoms with Crippen LogP contribution < -0.4 is 17.1 Å². The van der Waals surface area contributed by atoms with E-state index in [1.807, 2.05) is 0 Å². The van der Waals surface area contributed by atoms with Gasteiger partial charge in [0.2, 0.25) is 0 Å². The zero-order valence-electron chi connectivity index (χ0n) is 21.6. The third kappa shape index (κ3) is 10.6. The van der Waals surface area contributed by atoms with Crippen molar-refractivity contribution in [1.82, 2.24) is 13.7 Å². The molecule has 36 heavy (non-hydrogen) atoms. The van der Waals surface area contributed by atoms with Crippen LogP contribution in [0.2, 0.25) is 0 Å². The molecule has 0 saturated carbocycles. The van der Waals surface area contributed by atoms with Crippen molar-refractivity contribution in [2.24, 2.45) is 5.41 Å². The zero-order valence-corrected chi connectivity index (χ0v) is 21.6. The van der Waals surface area contributed by atoms with E-state index in [1.165, 1.54) is 18.2 Å². The van der Waals surface area contributed by atoms with Crippen LogP contribution in [-0.2, 0) is 33.8 Å². The molecular weight excluding hydrogens is 462 g/mol. The first-order valence-electron chi connectivity index (χ1n) is 11.7. The average Bonchev–Trinajstić information content (AvgIpc) is 2.87. The van der Waals surface area contributed by atoms with Gasteiger partial charge in [0.15, 0.2) is 0 Å². The Morgan fingerprint density at radius 1 is 0.583 bits per heavy atom. The normalized spacial score (nSPS) is 10.6. The third-order valence-corrected chi connectivity index (χ3v) is 5.00. The van der Waals surface area contributed by atoms with Crippen LogP contribution in [0.25, 0.3) is 0 Å². The molecular formula is C27H41N3O6. The third-order valence-electron chi connectivity index (χ3n) is 5.00. The van der Waals surface area contributed by atoms with Crippen LogP contribution in [0.1, 0.15) is 13.3 Å². The predicted molar refractivity (Wildman–Crippen MR) is 146 cm³/mol. The second-order valence-corrected chi connectivity index (χ2v) is 7.81. The molecule has 200 valence electrons. The molecule has 0 unspecified atom stereocenters. The summed E-state index contributed by atoms with van der Waals surface area (Å²) >= 11 is 0. The molecule has 0 N–H and O–H groups in total. The molecule has 0 spiro atoms. The predicted octanol–water partition coefficient (Wildman–Crippen LogP) is 2.72. The molecule has 1 aromatic heterocycles. The van der Waals surface area contributed by atoms with Crippen LogP contribution in [0.15, 0.2) is 90.3 Å². The van der Waals surface area contributed by atoms with E-state index in [9.17, 15) is 14.4 Å². The molecule has 1 heterocycles. The fourth-order valence-electron chi connectivity index (χ4n) is 3.05. The van der Waals surface area contributed by atoms with Crippen molar-refractivity contribution in [3.8, 4) is 0 Å². The van der Waals surface area contributed by atoms with Gasteiger partial charge in [-0.2, -0.15) is 0 Å². The van der Waals surface area contributed by atoms with Gasteiger partial charge in [-0.25, -0.2) is 28.1 Å². The summed E-state index contributed by atoms with van der Waals surface area (Å²) in [6.07, 6.45) is 10.4. The van der Waals surface area contributed by atoms with Gasteiger partial charge in [0.05, 0.1) is 59.3 Å². The highest BCUT2D eigenvalue weighted by atomic mass is 16.5. The SMILES string of the molecule is C=CCOCC(CC)(COCC=C)COCC=C.C=CCn1c(=O)n(CC=C)c(=O)n(CC=C)c1=O. The van der Waals surface area contributed by atoms with Crippen LogP contribution in [0.4, 0.5) is 0 Å². The molecule has 0 saturated heterocycles. The van der Waals surface area contributed by atoms with E-state index in [0.717, 1.165) is 20.1 Å². The highest BCUT2D eigenvalue weighted by Gasteiger charge is 2.29. The molecule has 0 aliphatic rings. The molecule has 0 aliphatic heterocycles. The van der Waals surface area contributed by atoms with Crippen molar-refractivity contribution in [3.63, 3.8) is 0 Å². The lowest BCUT2D eigenvalue weighted by molar-refractivity contribution is -0.0587. The molecule has 0 amide bonds. The van der Waals surface area contributed by atoms with E-state index in [-0.39, 0.29) is 25.0 Å². The van der Waals surface area contributed by atoms with Gasteiger partial charge in [0, 0.05) is 5.41 Å². The van der Waals surface area contributed by atoms with Gasteiger partial charge in [0.25, 0.3) is 0 Å². The Morgan fingerprint density at radius 3 is 1.06 bits per heavy atom. The standard InChI is InChI=1S/C15H26O3.C12H15N3O3/c1-5-9-16-12-15(8-4,13-17-10-6-2)14-18-11-7-3;1-4-7-13-10(16)14(8-5-2)12(18)15(9-6-3)11(13)17/h5-7H,1-3,8-14H2,4H3;4-6H,1-3,7-9H2. The van der Waals surface area contributed by atoms with Crippen molar-refractivity contribution in [2.45, 2.75) is 33.0 Å². The van der Waals surface area contributed by atoms with Crippen molar-refractivity contribution in [3.05, 3.63) is 107 Å². The van der Waals surface area contributed by atoms with Crippen molar-refractivity contribution < 1.29 is 14.2 Å². The molecule has 1 aromatic rings. The quantitative estimate of drug-likeness (QED) is 0.213. The van der Waals surface area contributed by atoms with E-state index in [4.69, 9.17) is 14.2 Å². The molecule has 1 rings (SSSR count). The summed E-state index contributed by atoms with van der Waals surface area (Å²) in [6, 6.07) is 0. The van der Waals surface area contributed by atoms with E-state index < -0.39 is 17.1 Å². The Hall–Kier alpha value is -3.27. The first-order chi connectivity index (χ1) is 17.3. The van der Waals surface area contributed by atoms with Gasteiger partial charge in [-0.3, -0.25) is 0 Å². The van der Waals surface area contributed by atoms with Crippen LogP contribution in [0.5, 0.6) is 0 Å². The summed E-state index contributed by atoms with van der Waals surface area (Å²) in [5, 5.41) is 0. The highest BCUT2D eigenvalue weighted by molar-refractivity contribution is 4.86. The summed E-state index contributed by atoms with van der Waals surface area (Å²) in [6.45, 7) is 27.1. The second kappa shape index (κ2) is 19.0. The largest absolute Gasteiger partial charge is 0.377 e. The van der Waals surface area contributed by atoms with Crippen molar-refractivity contribution in [2.75, 3.05) is 39.6 Å². The van der Waals surface area contributed by atoms with E-state index >= 15 is 0 Å². The molecule has 0 fully saturated rings. The fraction of sp³-hybridized carbons (Fsp3) is 0.444. The first-order valence-corrected chi connectivity index (χ1v) is 11.7. The maximum Gasteiger partial charge on any atom is 0.336 e. The number of rotatable bonds is 19. The van der Waals surface area contributed by atoms with Crippen LogP contribution in [-0.4, -0.2) is 53.3 Å². The average molecular weight is 504 g/mol. The number of aromatic nitrogens is 3. The maximum absolute atomic E-state index is 11.9. The first kappa shape index (κ1) is 32.7. The lowest BCUT2D eigenvalue weighted by Crippen LogP contribution is -2.54. The minimum atomic E-state index is -0.662. The van der Waals surface area contributed by atoms with Gasteiger partial charge >= 0.3 is 17.1 Å². The smallest absolute Gasteiger partial charge is 0.336 e. The fourth-order valence-corrected chi connectivity index (χ4v) is 3.05. The van der Waals surface area contributed by atoms with Crippen LogP contribution in [0, 0.1) is 5.41 Å². The highest BCUT2D eigenvalue weighted by Crippen LogP contribution is 2.24. The Kier molecular flexibility index (Phi) is 17.3. The van der Waals surface area contributed by atoms with E-state index in [0.29, 0.717) is 39.6 Å². The number of hydrogen-bond acceptors (Lipinski definition) is 6.